The SMILES string of the molecule is C/C=C/C(=O)NC1CCCC1O. The molecule has 0 aromatic heterocycles. The molecule has 68 valence electrons. The maximum Gasteiger partial charge on any atom is 0.243 e. The van der Waals surface area contributed by atoms with Gasteiger partial charge < -0.3 is 10.4 Å². The van der Waals surface area contributed by atoms with E-state index in [1.807, 2.05) is 0 Å². The summed E-state index contributed by atoms with van der Waals surface area (Å²) in [5.41, 5.74) is 0. The van der Waals surface area contributed by atoms with Gasteiger partial charge in [-0.2, -0.15) is 0 Å². The van der Waals surface area contributed by atoms with Gasteiger partial charge in [0.05, 0.1) is 12.1 Å². The van der Waals surface area contributed by atoms with Crippen LogP contribution in [0.1, 0.15) is 26.2 Å². The molecule has 0 spiro atoms. The van der Waals surface area contributed by atoms with E-state index in [1.165, 1.54) is 6.08 Å². The lowest BCUT2D eigenvalue weighted by Gasteiger charge is -2.14. The van der Waals surface area contributed by atoms with Crippen molar-refractivity contribution in [2.24, 2.45) is 0 Å². The number of aliphatic hydroxyl groups excluding tert-OH is 1. The Balaban J connectivity index is 2.35. The second-order valence-corrected chi connectivity index (χ2v) is 3.11. The molecular formula is C9H15NO2. The minimum absolute atomic E-state index is 0.0336. The summed E-state index contributed by atoms with van der Waals surface area (Å²) >= 11 is 0. The van der Waals surface area contributed by atoms with Gasteiger partial charge in [0.25, 0.3) is 0 Å². The zero-order valence-corrected chi connectivity index (χ0v) is 7.29. The van der Waals surface area contributed by atoms with Crippen LogP contribution < -0.4 is 5.32 Å². The molecule has 1 amide bonds. The molecule has 0 radical (unpaired) electrons. The van der Waals surface area contributed by atoms with E-state index < -0.39 is 0 Å². The summed E-state index contributed by atoms with van der Waals surface area (Å²) in [4.78, 5) is 11.0. The third-order valence-corrected chi connectivity index (χ3v) is 2.13. The van der Waals surface area contributed by atoms with Crippen LogP contribution in [0.3, 0.4) is 0 Å². The fraction of sp³-hybridized carbons (Fsp3) is 0.667. The topological polar surface area (TPSA) is 49.3 Å². The van der Waals surface area contributed by atoms with Crippen molar-refractivity contribution in [3.05, 3.63) is 12.2 Å². The lowest BCUT2D eigenvalue weighted by Crippen LogP contribution is -2.38. The lowest BCUT2D eigenvalue weighted by atomic mass is 10.2. The summed E-state index contributed by atoms with van der Waals surface area (Å²) in [5, 5.41) is 12.1. The van der Waals surface area contributed by atoms with E-state index in [4.69, 9.17) is 0 Å². The normalized spacial score (nSPS) is 29.5. The second-order valence-electron chi connectivity index (χ2n) is 3.11. The minimum atomic E-state index is -0.348. The largest absolute Gasteiger partial charge is 0.391 e. The smallest absolute Gasteiger partial charge is 0.243 e. The molecule has 12 heavy (non-hydrogen) atoms. The number of hydrogen-bond donors (Lipinski definition) is 2. The Kier molecular flexibility index (Phi) is 3.29. The van der Waals surface area contributed by atoms with Crippen LogP contribution >= 0.6 is 0 Å². The number of nitrogens with one attached hydrogen (secondary N) is 1. The summed E-state index contributed by atoms with van der Waals surface area (Å²) in [6.07, 6.45) is 5.52. The van der Waals surface area contributed by atoms with E-state index in [2.05, 4.69) is 5.32 Å². The van der Waals surface area contributed by atoms with Crippen LogP contribution in [0.5, 0.6) is 0 Å². The second kappa shape index (κ2) is 4.26. The van der Waals surface area contributed by atoms with Gasteiger partial charge in [-0.05, 0) is 32.3 Å². The molecule has 2 N–H and O–H groups in total. The van der Waals surface area contributed by atoms with E-state index in [0.29, 0.717) is 0 Å². The molecule has 1 rings (SSSR count). The maximum atomic E-state index is 11.0. The number of amides is 1. The third-order valence-electron chi connectivity index (χ3n) is 2.13. The molecule has 3 heteroatoms. The van der Waals surface area contributed by atoms with E-state index in [-0.39, 0.29) is 18.1 Å². The average molecular weight is 169 g/mol. The number of hydrogen-bond acceptors (Lipinski definition) is 2. The van der Waals surface area contributed by atoms with Gasteiger partial charge in [0, 0.05) is 0 Å². The van der Waals surface area contributed by atoms with Crippen molar-refractivity contribution in [1.82, 2.24) is 5.32 Å². The van der Waals surface area contributed by atoms with Crippen molar-refractivity contribution in [2.75, 3.05) is 0 Å². The van der Waals surface area contributed by atoms with Crippen LogP contribution in [0.4, 0.5) is 0 Å². The first-order chi connectivity index (χ1) is 5.74. The van der Waals surface area contributed by atoms with Crippen molar-refractivity contribution in [3.63, 3.8) is 0 Å². The lowest BCUT2D eigenvalue weighted by molar-refractivity contribution is -0.117. The summed E-state index contributed by atoms with van der Waals surface area (Å²) in [5.74, 6) is -0.108. The Bertz CT molecular complexity index is 189. The molecule has 0 aromatic carbocycles. The van der Waals surface area contributed by atoms with E-state index in [9.17, 15) is 9.90 Å². The summed E-state index contributed by atoms with van der Waals surface area (Å²) < 4.78 is 0. The molecule has 0 aromatic rings. The highest BCUT2D eigenvalue weighted by molar-refractivity contribution is 5.87. The Morgan fingerprint density at radius 3 is 2.83 bits per heavy atom. The predicted molar refractivity (Wildman–Crippen MR) is 46.6 cm³/mol. The fourth-order valence-electron chi connectivity index (χ4n) is 1.49. The van der Waals surface area contributed by atoms with Gasteiger partial charge in [0.15, 0.2) is 0 Å². The zero-order chi connectivity index (χ0) is 8.97. The molecule has 1 saturated carbocycles. The molecule has 1 fully saturated rings. The van der Waals surface area contributed by atoms with Gasteiger partial charge in [0.2, 0.25) is 5.91 Å². The molecule has 0 bridgehead atoms. The van der Waals surface area contributed by atoms with Crippen LogP contribution in [0.2, 0.25) is 0 Å². The van der Waals surface area contributed by atoms with E-state index >= 15 is 0 Å². The van der Waals surface area contributed by atoms with Crippen molar-refractivity contribution in [3.8, 4) is 0 Å². The van der Waals surface area contributed by atoms with Crippen LogP contribution in [0, 0.1) is 0 Å². The molecular weight excluding hydrogens is 154 g/mol. The monoisotopic (exact) mass is 169 g/mol. The number of allylic oxidation sites excluding steroid dienone is 1. The quantitative estimate of drug-likeness (QED) is 0.594. The minimum Gasteiger partial charge on any atom is -0.391 e. The van der Waals surface area contributed by atoms with Gasteiger partial charge in [-0.3, -0.25) is 4.79 Å². The highest BCUT2D eigenvalue weighted by Crippen LogP contribution is 2.18. The van der Waals surface area contributed by atoms with Gasteiger partial charge in [0.1, 0.15) is 0 Å². The molecule has 0 heterocycles. The molecule has 1 aliphatic carbocycles. The van der Waals surface area contributed by atoms with Crippen LogP contribution in [0.25, 0.3) is 0 Å². The van der Waals surface area contributed by atoms with Gasteiger partial charge in [-0.1, -0.05) is 6.08 Å². The number of aliphatic hydroxyl groups is 1. The van der Waals surface area contributed by atoms with Crippen molar-refractivity contribution in [2.45, 2.75) is 38.3 Å². The fourth-order valence-corrected chi connectivity index (χ4v) is 1.49. The maximum absolute atomic E-state index is 11.0. The molecule has 1 aliphatic rings. The number of rotatable bonds is 2. The standard InChI is InChI=1S/C9H15NO2/c1-2-4-9(12)10-7-5-3-6-8(7)11/h2,4,7-8,11H,3,5-6H2,1H3,(H,10,12)/b4-2+. The Labute approximate surface area is 72.5 Å². The van der Waals surface area contributed by atoms with E-state index in [1.54, 1.807) is 13.0 Å². The number of carbonyl (C=O) groups excluding carboxylic acids is 1. The molecule has 0 saturated heterocycles. The summed E-state index contributed by atoms with van der Waals surface area (Å²) in [6.45, 7) is 1.80. The van der Waals surface area contributed by atoms with Crippen molar-refractivity contribution in [1.29, 1.82) is 0 Å². The molecule has 2 atom stereocenters. The zero-order valence-electron chi connectivity index (χ0n) is 7.29. The average Bonchev–Trinajstić information content (AvgIpc) is 2.37. The molecule has 2 unspecified atom stereocenters. The van der Waals surface area contributed by atoms with Gasteiger partial charge >= 0.3 is 0 Å². The number of carbonyl (C=O) groups is 1. The van der Waals surface area contributed by atoms with E-state index in [0.717, 1.165) is 19.3 Å². The third kappa shape index (κ3) is 2.34. The Morgan fingerprint density at radius 2 is 2.33 bits per heavy atom. The van der Waals surface area contributed by atoms with Crippen LogP contribution in [-0.2, 0) is 4.79 Å². The highest BCUT2D eigenvalue weighted by Gasteiger charge is 2.25. The van der Waals surface area contributed by atoms with Gasteiger partial charge in [-0.15, -0.1) is 0 Å². The van der Waals surface area contributed by atoms with Crippen LogP contribution in [-0.4, -0.2) is 23.2 Å². The molecule has 0 aliphatic heterocycles. The van der Waals surface area contributed by atoms with Gasteiger partial charge in [-0.25, -0.2) is 0 Å². The highest BCUT2D eigenvalue weighted by atomic mass is 16.3. The molecule has 3 nitrogen and oxygen atoms in total. The van der Waals surface area contributed by atoms with Crippen LogP contribution in [0.15, 0.2) is 12.2 Å². The first-order valence-electron chi connectivity index (χ1n) is 4.35. The van der Waals surface area contributed by atoms with Crippen molar-refractivity contribution >= 4 is 5.91 Å². The Hall–Kier alpha value is -0.830. The van der Waals surface area contributed by atoms with Crippen molar-refractivity contribution < 1.29 is 9.90 Å². The first-order valence-corrected chi connectivity index (χ1v) is 4.35. The first kappa shape index (κ1) is 9.26. The summed E-state index contributed by atoms with van der Waals surface area (Å²) in [6, 6.07) is -0.0336. The summed E-state index contributed by atoms with van der Waals surface area (Å²) in [7, 11) is 0. The Morgan fingerprint density at radius 1 is 1.58 bits per heavy atom. The predicted octanol–water partition coefficient (Wildman–Crippen LogP) is 0.592.